The summed E-state index contributed by atoms with van der Waals surface area (Å²) in [6, 6.07) is 4.89. The number of nitrogen functional groups attached to an aromatic ring is 1. The highest BCUT2D eigenvalue weighted by Crippen LogP contribution is 2.64. The number of aromatic amines is 1. The number of fused-ring (bicyclic) bond motifs is 4. The molecule has 3 saturated heterocycles. The van der Waals surface area contributed by atoms with Gasteiger partial charge in [0.1, 0.15) is 54.6 Å². The fraction of sp³-hybridized carbons (Fsp3) is 0.627. The van der Waals surface area contributed by atoms with E-state index in [2.05, 4.69) is 52.8 Å². The van der Waals surface area contributed by atoms with E-state index in [1.165, 1.54) is 92.2 Å². The number of unbranched alkanes of at least 4 members (excludes halogenated alkanes) is 12. The van der Waals surface area contributed by atoms with Crippen LogP contribution in [0.25, 0.3) is 22.3 Å². The highest BCUT2D eigenvalue weighted by Gasteiger charge is 2.52. The van der Waals surface area contributed by atoms with Gasteiger partial charge in [0.05, 0.1) is 32.2 Å². The molecule has 11 atom stereocenters. The summed E-state index contributed by atoms with van der Waals surface area (Å²) >= 11 is 6.20. The van der Waals surface area contributed by atoms with Crippen LogP contribution in [0, 0.1) is 5.92 Å². The quantitative estimate of drug-likeness (QED) is 0.0237. The van der Waals surface area contributed by atoms with E-state index in [4.69, 9.17) is 45.1 Å². The van der Waals surface area contributed by atoms with E-state index in [0.717, 1.165) is 37.1 Å². The first-order valence-corrected chi connectivity index (χ1v) is 33.2. The first kappa shape index (κ1) is 61.3. The molecule has 29 heteroatoms. The number of nitrogens with zero attached hydrogens (tertiary/aromatic N) is 7. The van der Waals surface area contributed by atoms with E-state index in [0.29, 0.717) is 17.7 Å². The molecule has 5 aromatic rings. The smallest absolute Gasteiger partial charge is 0.382 e. The number of benzene rings is 1. The van der Waals surface area contributed by atoms with Crippen LogP contribution in [0.1, 0.15) is 142 Å². The monoisotopic (exact) mass is 1190 g/mol. The van der Waals surface area contributed by atoms with E-state index < -0.39 is 99.2 Å². The number of halogens is 1. The van der Waals surface area contributed by atoms with Crippen LogP contribution < -0.4 is 27.2 Å². The third kappa shape index (κ3) is 16.1. The number of rotatable bonds is 25. The molecule has 24 nitrogen and oxygen atoms in total. The molecular formula is C51H73FN12O12P2S2. The molecule has 3 aliphatic heterocycles. The fourth-order valence-corrected chi connectivity index (χ4v) is 14.6. The van der Waals surface area contributed by atoms with Crippen molar-refractivity contribution in [3.8, 4) is 0 Å². The summed E-state index contributed by atoms with van der Waals surface area (Å²) in [5.41, 5.74) is 7.14. The van der Waals surface area contributed by atoms with Crippen molar-refractivity contribution in [2.24, 2.45) is 5.92 Å². The number of carbonyl (C=O) groups is 3. The molecule has 1 aromatic carbocycles. The second kappa shape index (κ2) is 28.5. The van der Waals surface area contributed by atoms with Gasteiger partial charge in [-0.05, 0) is 60.1 Å². The Bertz CT molecular complexity index is 3050. The average molecular weight is 1190 g/mol. The van der Waals surface area contributed by atoms with Gasteiger partial charge in [-0.3, -0.25) is 41.9 Å². The third-order valence-corrected chi connectivity index (χ3v) is 19.5. The molecule has 0 saturated carbocycles. The van der Waals surface area contributed by atoms with E-state index in [-0.39, 0.29) is 52.1 Å². The second-order valence-electron chi connectivity index (χ2n) is 20.7. The summed E-state index contributed by atoms with van der Waals surface area (Å²) in [6.07, 6.45) is 11.5. The van der Waals surface area contributed by atoms with Crippen LogP contribution >= 0.6 is 24.9 Å². The number of anilines is 2. The molecule has 438 valence electrons. The first-order valence-electron chi connectivity index (χ1n) is 27.4. The lowest BCUT2D eigenvalue weighted by Crippen LogP contribution is -2.53. The highest BCUT2D eigenvalue weighted by atomic mass is 32.7. The number of imidazole rings is 2. The predicted octanol–water partition coefficient (Wildman–Crippen LogP) is 8.21. The van der Waals surface area contributed by atoms with Crippen LogP contribution in [0.5, 0.6) is 0 Å². The van der Waals surface area contributed by atoms with Gasteiger partial charge in [-0.25, -0.2) is 33.9 Å². The molecule has 7 N–H and O–H groups in total. The molecule has 4 aromatic heterocycles. The minimum Gasteiger partial charge on any atom is -0.382 e. The third-order valence-electron chi connectivity index (χ3n) is 14.2. The Morgan fingerprint density at radius 1 is 0.825 bits per heavy atom. The Kier molecular flexibility index (Phi) is 21.8. The largest absolute Gasteiger partial charge is 0.389 e. The van der Waals surface area contributed by atoms with Crippen LogP contribution in [-0.4, -0.2) is 118 Å². The Morgan fingerprint density at radius 3 is 2.17 bits per heavy atom. The lowest BCUT2D eigenvalue weighted by Gasteiger charge is -2.30. The molecule has 0 aliphatic carbocycles. The zero-order valence-electron chi connectivity index (χ0n) is 45.4. The Morgan fingerprint density at radius 2 is 1.48 bits per heavy atom. The number of nitrogens with two attached hydrogens (primary N) is 1. The molecule has 8 rings (SSSR count). The van der Waals surface area contributed by atoms with Crippen LogP contribution in [0.15, 0.2) is 54.4 Å². The molecule has 7 heterocycles. The lowest BCUT2D eigenvalue weighted by atomic mass is 10.0. The number of H-pyrrole nitrogens is 1. The second-order valence-corrected chi connectivity index (χ2v) is 27.5. The van der Waals surface area contributed by atoms with Crippen LogP contribution in [0.2, 0.25) is 0 Å². The standard InChI is InChI=1S/C51H73FN12O12P2S2/c1-5-6-7-8-9-10-11-12-13-14-15-16-17-18-38(65)62-41(31(2)3)50(68)60-32(4)48(66)61-34-21-19-33(20-22-34)26-80-78(70)72-25-37-44(40(52)51(74-37)64-30-58-42-45(53)54-27-55-46(42)64)76-77(69,79)71-24-36-35(75-78)23-39(73-36)63-29-59-43-47(63)56-28-57-49(43)67/h19-22,27-32,35-37,39-41,44,51H,5-18,23-26H2,1-4H3,(H,60,68)(H,61,66)(H,62,65)(H,69,79)(H2,53,54,55)(H,56,57,67)/t32-,35-,36+,37+,39+,40+,41-,44+,51+,77?,78?/m0/s1. The van der Waals surface area contributed by atoms with E-state index in [1.807, 2.05) is 13.8 Å². The van der Waals surface area contributed by atoms with Crippen molar-refractivity contribution in [1.82, 2.24) is 49.7 Å². The first-order chi connectivity index (χ1) is 38.4. The maximum absolute atomic E-state index is 16.7. The number of hydrogen-bond donors (Lipinski definition) is 6. The van der Waals surface area contributed by atoms with Gasteiger partial charge in [-0.15, -0.1) is 0 Å². The summed E-state index contributed by atoms with van der Waals surface area (Å²) < 4.78 is 71.3. The summed E-state index contributed by atoms with van der Waals surface area (Å²) in [6.45, 7) is -2.20. The van der Waals surface area contributed by atoms with E-state index >= 15 is 8.96 Å². The molecule has 0 bridgehead atoms. The fourth-order valence-electron chi connectivity index (χ4n) is 9.76. The number of amides is 3. The van der Waals surface area contributed by atoms with Gasteiger partial charge < -0.3 is 45.6 Å². The average Bonchev–Trinajstić information content (AvgIpc) is 4.27. The molecule has 3 aliphatic rings. The van der Waals surface area contributed by atoms with Crippen molar-refractivity contribution in [2.75, 3.05) is 24.3 Å². The molecule has 0 radical (unpaired) electrons. The van der Waals surface area contributed by atoms with Gasteiger partial charge in [-0.1, -0.05) is 110 Å². The van der Waals surface area contributed by atoms with E-state index in [9.17, 15) is 24.1 Å². The molecule has 3 amide bonds. The van der Waals surface area contributed by atoms with E-state index in [1.54, 1.807) is 31.2 Å². The molecular weight excluding hydrogens is 1120 g/mol. The molecule has 0 spiro atoms. The Balaban J connectivity index is 0.875. The van der Waals surface area contributed by atoms with Gasteiger partial charge >= 0.3 is 13.5 Å². The van der Waals surface area contributed by atoms with Crippen LogP contribution in [0.4, 0.5) is 15.9 Å². The van der Waals surface area contributed by atoms with Gasteiger partial charge in [0.15, 0.2) is 35.0 Å². The highest BCUT2D eigenvalue weighted by molar-refractivity contribution is 8.54. The molecule has 3 fully saturated rings. The predicted molar refractivity (Wildman–Crippen MR) is 302 cm³/mol. The summed E-state index contributed by atoms with van der Waals surface area (Å²) in [4.78, 5) is 86.9. The number of ether oxygens (including phenoxy) is 2. The van der Waals surface area contributed by atoms with Crippen molar-refractivity contribution < 1.29 is 55.8 Å². The number of nitrogens with one attached hydrogen (secondary N) is 4. The van der Waals surface area contributed by atoms with Crippen molar-refractivity contribution in [3.05, 3.63) is 65.5 Å². The van der Waals surface area contributed by atoms with Crippen LogP contribution in [-0.2, 0) is 64.1 Å². The van der Waals surface area contributed by atoms with Gasteiger partial charge in [0.25, 0.3) is 5.56 Å². The van der Waals surface area contributed by atoms with Crippen molar-refractivity contribution in [1.29, 1.82) is 0 Å². The minimum absolute atomic E-state index is 0.00643. The van der Waals surface area contributed by atoms with Crippen molar-refractivity contribution in [2.45, 2.75) is 185 Å². The zero-order chi connectivity index (χ0) is 57.0. The maximum atomic E-state index is 16.7. The Hall–Kier alpha value is -4.79. The SMILES string of the molecule is CCCCCCCCCCCCCCCC(=O)N[C@H](C(=O)N[C@@H](C)C(=O)Nc1ccc(CSP2(=O)OC[C@H]3O[C@@H](n4cnc5c(N)ncnc54)[C@H](F)[C@@H]3OP(O)(=S)OC[C@H]3O[C@@H](n4cnc5c(=O)[nH]cnc54)C[C@@H]3O2)cc1)C(C)C. The maximum Gasteiger partial charge on any atom is 0.389 e. The topological polar surface area (TPSA) is 313 Å². The Labute approximate surface area is 472 Å². The molecule has 2 unspecified atom stereocenters. The number of carbonyl (C=O) groups excluding carboxylic acids is 3. The number of aromatic nitrogens is 8. The lowest BCUT2D eigenvalue weighted by molar-refractivity contribution is -0.131. The number of alkyl halides is 1. The summed E-state index contributed by atoms with van der Waals surface area (Å²) in [5, 5.41) is 8.42. The van der Waals surface area contributed by atoms with Crippen LogP contribution in [0.3, 0.4) is 0 Å². The summed E-state index contributed by atoms with van der Waals surface area (Å²) in [7, 11) is 0. The summed E-state index contributed by atoms with van der Waals surface area (Å²) in [5.74, 6) is -1.30. The zero-order valence-corrected chi connectivity index (χ0v) is 48.8. The van der Waals surface area contributed by atoms with Gasteiger partial charge in [0.2, 0.25) is 17.7 Å². The van der Waals surface area contributed by atoms with Crippen molar-refractivity contribution >= 4 is 88.3 Å². The van der Waals surface area contributed by atoms with Gasteiger partial charge in [0, 0.05) is 24.3 Å². The minimum atomic E-state index is -4.33. The van der Waals surface area contributed by atoms with Crippen molar-refractivity contribution in [3.63, 3.8) is 0 Å². The normalized spacial score (nSPS) is 26.1. The molecule has 80 heavy (non-hydrogen) atoms. The number of hydrogen-bond acceptors (Lipinski definition) is 19. The van der Waals surface area contributed by atoms with Gasteiger partial charge in [-0.2, -0.15) is 0 Å².